The number of amides is 2. The van der Waals surface area contributed by atoms with Gasteiger partial charge in [0.25, 0.3) is 5.91 Å². The number of halogens is 1. The molecule has 23 heavy (non-hydrogen) atoms. The minimum absolute atomic E-state index is 0.0237. The van der Waals surface area contributed by atoms with Crippen molar-refractivity contribution in [2.45, 2.75) is 19.8 Å². The third-order valence-electron chi connectivity index (χ3n) is 3.65. The molecule has 3 rings (SSSR count). The third kappa shape index (κ3) is 3.71. The van der Waals surface area contributed by atoms with E-state index in [0.717, 1.165) is 12.8 Å². The summed E-state index contributed by atoms with van der Waals surface area (Å²) in [6.45, 7) is 1.63. The van der Waals surface area contributed by atoms with Crippen LogP contribution in [0.5, 0.6) is 0 Å². The van der Waals surface area contributed by atoms with Crippen LogP contribution in [0.15, 0.2) is 36.5 Å². The number of carbonyl (C=O) groups is 2. The minimum Gasteiger partial charge on any atom is -0.321 e. The van der Waals surface area contributed by atoms with E-state index in [1.807, 2.05) is 0 Å². The summed E-state index contributed by atoms with van der Waals surface area (Å²) >= 11 is 0. The Morgan fingerprint density at radius 1 is 1.17 bits per heavy atom. The summed E-state index contributed by atoms with van der Waals surface area (Å²) in [4.78, 5) is 27.8. The van der Waals surface area contributed by atoms with Crippen LogP contribution in [0.3, 0.4) is 0 Å². The molecule has 5 nitrogen and oxygen atoms in total. The van der Waals surface area contributed by atoms with Gasteiger partial charge in [0.1, 0.15) is 11.6 Å². The first-order chi connectivity index (χ1) is 11.0. The van der Waals surface area contributed by atoms with Gasteiger partial charge in [-0.1, -0.05) is 6.07 Å². The Hall–Kier alpha value is -2.76. The minimum atomic E-state index is -0.422. The lowest BCUT2D eigenvalue weighted by molar-refractivity contribution is -0.117. The number of carbonyl (C=O) groups excluding carboxylic acids is 2. The van der Waals surface area contributed by atoms with Gasteiger partial charge in [-0.2, -0.15) is 0 Å². The van der Waals surface area contributed by atoms with E-state index >= 15 is 0 Å². The molecule has 0 saturated heterocycles. The van der Waals surface area contributed by atoms with Crippen molar-refractivity contribution in [3.05, 3.63) is 53.5 Å². The summed E-state index contributed by atoms with van der Waals surface area (Å²) in [7, 11) is 0. The monoisotopic (exact) mass is 313 g/mol. The van der Waals surface area contributed by atoms with E-state index < -0.39 is 11.7 Å². The molecule has 0 bridgehead atoms. The van der Waals surface area contributed by atoms with Crippen LogP contribution in [0.25, 0.3) is 0 Å². The fourth-order valence-electron chi connectivity index (χ4n) is 2.05. The van der Waals surface area contributed by atoms with Crippen LogP contribution in [0.2, 0.25) is 0 Å². The van der Waals surface area contributed by atoms with Crippen molar-refractivity contribution in [3.63, 3.8) is 0 Å². The normalized spacial score (nSPS) is 13.5. The molecule has 6 heteroatoms. The fourth-order valence-corrected chi connectivity index (χ4v) is 2.05. The number of nitrogens with one attached hydrogen (secondary N) is 2. The van der Waals surface area contributed by atoms with Gasteiger partial charge in [-0.15, -0.1) is 0 Å². The lowest BCUT2D eigenvalue weighted by Gasteiger charge is -2.07. The predicted molar refractivity (Wildman–Crippen MR) is 84.7 cm³/mol. The Kier molecular flexibility index (Phi) is 4.06. The van der Waals surface area contributed by atoms with Crippen molar-refractivity contribution < 1.29 is 14.0 Å². The molecule has 118 valence electrons. The summed E-state index contributed by atoms with van der Waals surface area (Å²) in [5.41, 5.74) is 1.19. The summed E-state index contributed by atoms with van der Waals surface area (Å²) in [6.07, 6.45) is 3.30. The topological polar surface area (TPSA) is 71.1 Å². The van der Waals surface area contributed by atoms with Crippen molar-refractivity contribution in [2.24, 2.45) is 5.92 Å². The molecule has 2 aromatic rings. The molecule has 0 unspecified atom stereocenters. The van der Waals surface area contributed by atoms with Gasteiger partial charge in [0.15, 0.2) is 0 Å². The van der Waals surface area contributed by atoms with Gasteiger partial charge in [-0.05, 0) is 49.6 Å². The molecular weight excluding hydrogens is 297 g/mol. The Bertz CT molecular complexity index is 755. The molecule has 1 aromatic heterocycles. The first kappa shape index (κ1) is 15.1. The molecule has 2 N–H and O–H groups in total. The average Bonchev–Trinajstić information content (AvgIpc) is 3.36. The Balaban J connectivity index is 1.63. The third-order valence-corrected chi connectivity index (χ3v) is 3.65. The smallest absolute Gasteiger partial charge is 0.255 e. The highest BCUT2D eigenvalue weighted by Gasteiger charge is 2.29. The molecule has 0 radical (unpaired) electrons. The van der Waals surface area contributed by atoms with Gasteiger partial charge in [0.2, 0.25) is 5.91 Å². The van der Waals surface area contributed by atoms with Crippen LogP contribution in [0, 0.1) is 18.7 Å². The highest BCUT2D eigenvalue weighted by atomic mass is 19.1. The second kappa shape index (κ2) is 6.16. The number of pyridine rings is 1. The van der Waals surface area contributed by atoms with E-state index in [-0.39, 0.29) is 17.4 Å². The van der Waals surface area contributed by atoms with Crippen LogP contribution in [0.1, 0.15) is 28.8 Å². The fraction of sp³-hybridized carbons (Fsp3) is 0.235. The SMILES string of the molecule is Cc1ccc(C(=O)Nc2ccc(NC(=O)C3CC3)nc2)cc1F. The van der Waals surface area contributed by atoms with Crippen molar-refractivity contribution in [1.82, 2.24) is 4.98 Å². The second-order valence-corrected chi connectivity index (χ2v) is 5.61. The zero-order chi connectivity index (χ0) is 16.4. The summed E-state index contributed by atoms with van der Waals surface area (Å²) in [5.74, 6) is -0.312. The zero-order valence-electron chi connectivity index (χ0n) is 12.6. The van der Waals surface area contributed by atoms with Gasteiger partial charge < -0.3 is 10.6 Å². The highest BCUT2D eigenvalue weighted by molar-refractivity contribution is 6.04. The number of benzene rings is 1. The Morgan fingerprint density at radius 3 is 2.57 bits per heavy atom. The molecule has 0 atom stereocenters. The Labute approximate surface area is 132 Å². The maximum atomic E-state index is 13.5. The van der Waals surface area contributed by atoms with E-state index in [1.165, 1.54) is 12.3 Å². The number of aromatic nitrogens is 1. The maximum Gasteiger partial charge on any atom is 0.255 e. The number of aryl methyl sites for hydroxylation is 1. The molecule has 1 heterocycles. The van der Waals surface area contributed by atoms with Crippen molar-refractivity contribution >= 4 is 23.3 Å². The lowest BCUT2D eigenvalue weighted by Crippen LogP contribution is -2.15. The molecule has 0 spiro atoms. The van der Waals surface area contributed by atoms with Gasteiger partial charge in [-0.3, -0.25) is 9.59 Å². The molecule has 1 fully saturated rings. The molecule has 0 aliphatic heterocycles. The maximum absolute atomic E-state index is 13.5. The van der Waals surface area contributed by atoms with Crippen LogP contribution >= 0.6 is 0 Å². The quantitative estimate of drug-likeness (QED) is 0.911. The van der Waals surface area contributed by atoms with Crippen LogP contribution in [-0.2, 0) is 4.79 Å². The summed E-state index contributed by atoms with van der Waals surface area (Å²) in [5, 5.41) is 5.36. The molecule has 2 amide bonds. The largest absolute Gasteiger partial charge is 0.321 e. The van der Waals surface area contributed by atoms with E-state index in [9.17, 15) is 14.0 Å². The van der Waals surface area contributed by atoms with Gasteiger partial charge in [-0.25, -0.2) is 9.37 Å². The first-order valence-corrected chi connectivity index (χ1v) is 7.37. The zero-order valence-corrected chi connectivity index (χ0v) is 12.6. The van der Waals surface area contributed by atoms with E-state index in [2.05, 4.69) is 15.6 Å². The predicted octanol–water partition coefficient (Wildman–Crippen LogP) is 3.13. The van der Waals surface area contributed by atoms with Gasteiger partial charge >= 0.3 is 0 Å². The molecule has 1 aliphatic rings. The lowest BCUT2D eigenvalue weighted by atomic mass is 10.1. The standard InChI is InChI=1S/C17H16FN3O2/c1-10-2-3-12(8-14(10)18)17(23)20-13-6-7-15(19-9-13)21-16(22)11-4-5-11/h2-3,6-9,11H,4-5H2,1H3,(H,20,23)(H,19,21,22). The average molecular weight is 313 g/mol. The number of hydrogen-bond acceptors (Lipinski definition) is 3. The summed E-state index contributed by atoms with van der Waals surface area (Å²) in [6, 6.07) is 7.57. The molecule has 1 saturated carbocycles. The first-order valence-electron chi connectivity index (χ1n) is 7.37. The Morgan fingerprint density at radius 2 is 1.96 bits per heavy atom. The van der Waals surface area contributed by atoms with Crippen LogP contribution in [-0.4, -0.2) is 16.8 Å². The van der Waals surface area contributed by atoms with Gasteiger partial charge in [0.05, 0.1) is 11.9 Å². The van der Waals surface area contributed by atoms with E-state index in [4.69, 9.17) is 0 Å². The van der Waals surface area contributed by atoms with E-state index in [0.29, 0.717) is 17.1 Å². The molecule has 1 aromatic carbocycles. The summed E-state index contributed by atoms with van der Waals surface area (Å²) < 4.78 is 13.5. The number of nitrogens with zero attached hydrogens (tertiary/aromatic N) is 1. The van der Waals surface area contributed by atoms with Crippen LogP contribution < -0.4 is 10.6 Å². The van der Waals surface area contributed by atoms with Gasteiger partial charge in [0, 0.05) is 11.5 Å². The van der Waals surface area contributed by atoms with Crippen molar-refractivity contribution in [1.29, 1.82) is 0 Å². The van der Waals surface area contributed by atoms with E-state index in [1.54, 1.807) is 31.2 Å². The van der Waals surface area contributed by atoms with Crippen molar-refractivity contribution in [3.8, 4) is 0 Å². The van der Waals surface area contributed by atoms with Crippen molar-refractivity contribution in [2.75, 3.05) is 10.6 Å². The second-order valence-electron chi connectivity index (χ2n) is 5.61. The van der Waals surface area contributed by atoms with Crippen LogP contribution in [0.4, 0.5) is 15.9 Å². The number of hydrogen-bond donors (Lipinski definition) is 2. The molecule has 1 aliphatic carbocycles. The highest BCUT2D eigenvalue weighted by Crippen LogP contribution is 2.30. The number of rotatable bonds is 4. The molecular formula is C17H16FN3O2. The number of anilines is 2.